The van der Waals surface area contributed by atoms with Crippen molar-refractivity contribution in [3.63, 3.8) is 0 Å². The van der Waals surface area contributed by atoms with E-state index in [2.05, 4.69) is 10.6 Å². The van der Waals surface area contributed by atoms with Gasteiger partial charge in [-0.3, -0.25) is 9.59 Å². The van der Waals surface area contributed by atoms with Crippen molar-refractivity contribution >= 4 is 34.8 Å². The first kappa shape index (κ1) is 18.4. The summed E-state index contributed by atoms with van der Waals surface area (Å²) in [6, 6.07) is 13.1. The van der Waals surface area contributed by atoms with Gasteiger partial charge in [0, 0.05) is 22.5 Å². The van der Waals surface area contributed by atoms with Gasteiger partial charge in [0.15, 0.2) is 0 Å². The summed E-state index contributed by atoms with van der Waals surface area (Å²) in [7, 11) is 0. The van der Waals surface area contributed by atoms with Crippen molar-refractivity contribution in [2.45, 2.75) is 25.7 Å². The van der Waals surface area contributed by atoms with Gasteiger partial charge in [0.25, 0.3) is 0 Å². The van der Waals surface area contributed by atoms with Crippen LogP contribution in [0.1, 0.15) is 25.7 Å². The zero-order chi connectivity index (χ0) is 18.5. The van der Waals surface area contributed by atoms with Crippen LogP contribution in [-0.4, -0.2) is 11.8 Å². The molecule has 1 aliphatic carbocycles. The normalized spacial score (nSPS) is 19.6. The van der Waals surface area contributed by atoms with Gasteiger partial charge in [-0.05, 0) is 56.0 Å². The Hall–Kier alpha value is -2.40. The van der Waals surface area contributed by atoms with Crippen molar-refractivity contribution in [1.82, 2.24) is 0 Å². The van der Waals surface area contributed by atoms with Crippen molar-refractivity contribution in [2.75, 3.05) is 10.6 Å². The highest BCUT2D eigenvalue weighted by atomic mass is 35.5. The fourth-order valence-electron chi connectivity index (χ4n) is 3.23. The van der Waals surface area contributed by atoms with Crippen LogP contribution in [0.2, 0.25) is 5.02 Å². The molecule has 1 saturated carbocycles. The van der Waals surface area contributed by atoms with Crippen molar-refractivity contribution < 1.29 is 14.0 Å². The van der Waals surface area contributed by atoms with Crippen LogP contribution in [-0.2, 0) is 9.59 Å². The van der Waals surface area contributed by atoms with Crippen LogP contribution in [0, 0.1) is 17.7 Å². The molecule has 0 saturated heterocycles. The molecule has 0 radical (unpaired) electrons. The second kappa shape index (κ2) is 8.32. The highest BCUT2D eigenvalue weighted by molar-refractivity contribution is 6.30. The van der Waals surface area contributed by atoms with Crippen molar-refractivity contribution in [1.29, 1.82) is 0 Å². The molecule has 2 aromatic rings. The van der Waals surface area contributed by atoms with Crippen LogP contribution >= 0.6 is 11.6 Å². The Bertz CT molecular complexity index is 804. The number of rotatable bonds is 4. The Morgan fingerprint density at radius 1 is 0.885 bits per heavy atom. The first-order chi connectivity index (χ1) is 12.5. The number of carbonyl (C=O) groups excluding carboxylic acids is 2. The van der Waals surface area contributed by atoms with E-state index in [1.165, 1.54) is 12.1 Å². The lowest BCUT2D eigenvalue weighted by atomic mass is 9.81. The molecular formula is C20H20ClFN2O2. The first-order valence-electron chi connectivity index (χ1n) is 8.65. The fourth-order valence-corrected chi connectivity index (χ4v) is 3.42. The second-order valence-corrected chi connectivity index (χ2v) is 6.95. The summed E-state index contributed by atoms with van der Waals surface area (Å²) < 4.78 is 13.6. The predicted octanol–water partition coefficient (Wildman–Crippen LogP) is 4.86. The molecule has 0 atom stereocenters. The lowest BCUT2D eigenvalue weighted by Crippen LogP contribution is -2.32. The molecule has 0 unspecified atom stereocenters. The number of carbonyl (C=O) groups is 2. The zero-order valence-electron chi connectivity index (χ0n) is 14.2. The van der Waals surface area contributed by atoms with Gasteiger partial charge < -0.3 is 10.6 Å². The zero-order valence-corrected chi connectivity index (χ0v) is 14.9. The quantitative estimate of drug-likeness (QED) is 0.802. The Balaban J connectivity index is 1.51. The molecule has 2 aromatic carbocycles. The maximum absolute atomic E-state index is 13.6. The summed E-state index contributed by atoms with van der Waals surface area (Å²) in [5.41, 5.74) is 0.861. The number of hydrogen-bond acceptors (Lipinski definition) is 2. The monoisotopic (exact) mass is 374 g/mol. The standard InChI is InChI=1S/C20H20ClFN2O2/c21-15-4-3-5-16(12-15)23-19(25)13-8-10-14(11-9-13)20(26)24-18-7-2-1-6-17(18)22/h1-7,12-14H,8-11H2,(H,23,25)(H,24,26). The minimum Gasteiger partial charge on any atom is -0.326 e. The van der Waals surface area contributed by atoms with E-state index >= 15 is 0 Å². The van der Waals surface area contributed by atoms with Gasteiger partial charge in [0.1, 0.15) is 5.82 Å². The summed E-state index contributed by atoms with van der Waals surface area (Å²) in [4.78, 5) is 24.7. The Labute approximate surface area is 156 Å². The molecule has 0 heterocycles. The van der Waals surface area contributed by atoms with Crippen LogP contribution in [0.25, 0.3) is 0 Å². The van der Waals surface area contributed by atoms with Crippen molar-refractivity contribution in [2.24, 2.45) is 11.8 Å². The maximum Gasteiger partial charge on any atom is 0.227 e. The largest absolute Gasteiger partial charge is 0.326 e. The third-order valence-corrected chi connectivity index (χ3v) is 4.93. The van der Waals surface area contributed by atoms with Crippen LogP contribution in [0.15, 0.2) is 48.5 Å². The molecule has 1 fully saturated rings. The van der Waals surface area contributed by atoms with Crippen molar-refractivity contribution in [3.8, 4) is 0 Å². The van der Waals surface area contributed by atoms with E-state index in [-0.39, 0.29) is 29.3 Å². The number of anilines is 2. The van der Waals surface area contributed by atoms with E-state index in [0.717, 1.165) is 0 Å². The van der Waals surface area contributed by atoms with E-state index in [4.69, 9.17) is 11.6 Å². The van der Waals surface area contributed by atoms with E-state index in [1.54, 1.807) is 36.4 Å². The van der Waals surface area contributed by atoms with Gasteiger partial charge in [0.05, 0.1) is 5.69 Å². The fraction of sp³-hybridized carbons (Fsp3) is 0.300. The number of para-hydroxylation sites is 1. The number of halogens is 2. The molecule has 26 heavy (non-hydrogen) atoms. The highest BCUT2D eigenvalue weighted by Gasteiger charge is 2.30. The van der Waals surface area contributed by atoms with Gasteiger partial charge in [-0.15, -0.1) is 0 Å². The molecule has 0 aliphatic heterocycles. The molecule has 2 amide bonds. The highest BCUT2D eigenvalue weighted by Crippen LogP contribution is 2.31. The molecule has 136 valence electrons. The maximum atomic E-state index is 13.6. The molecule has 2 N–H and O–H groups in total. The van der Waals surface area contributed by atoms with E-state index < -0.39 is 5.82 Å². The van der Waals surface area contributed by atoms with Gasteiger partial charge >= 0.3 is 0 Å². The van der Waals surface area contributed by atoms with Gasteiger partial charge in [0.2, 0.25) is 11.8 Å². The minimum absolute atomic E-state index is 0.0553. The van der Waals surface area contributed by atoms with E-state index in [1.807, 2.05) is 0 Å². The Kier molecular flexibility index (Phi) is 5.89. The van der Waals surface area contributed by atoms with Gasteiger partial charge in [-0.2, -0.15) is 0 Å². The molecule has 0 bridgehead atoms. The second-order valence-electron chi connectivity index (χ2n) is 6.52. The molecular weight excluding hydrogens is 355 g/mol. The van der Waals surface area contributed by atoms with Gasteiger partial charge in [-0.1, -0.05) is 29.8 Å². The topological polar surface area (TPSA) is 58.2 Å². The molecule has 1 aliphatic rings. The smallest absolute Gasteiger partial charge is 0.227 e. The number of amides is 2. The Morgan fingerprint density at radius 3 is 2.12 bits per heavy atom. The third kappa shape index (κ3) is 4.61. The lowest BCUT2D eigenvalue weighted by Gasteiger charge is -2.27. The van der Waals surface area contributed by atoms with E-state index in [9.17, 15) is 14.0 Å². The van der Waals surface area contributed by atoms with E-state index in [0.29, 0.717) is 36.4 Å². The summed E-state index contributed by atoms with van der Waals surface area (Å²) in [6.07, 6.45) is 2.46. The summed E-state index contributed by atoms with van der Waals surface area (Å²) in [5, 5.41) is 6.08. The Morgan fingerprint density at radius 2 is 1.50 bits per heavy atom. The predicted molar refractivity (Wildman–Crippen MR) is 101 cm³/mol. The molecule has 6 heteroatoms. The average molecular weight is 375 g/mol. The SMILES string of the molecule is O=C(Nc1cccc(Cl)c1)C1CCC(C(=O)Nc2ccccc2F)CC1. The lowest BCUT2D eigenvalue weighted by molar-refractivity contribution is -0.125. The average Bonchev–Trinajstić information content (AvgIpc) is 2.64. The van der Waals surface area contributed by atoms with Crippen molar-refractivity contribution in [3.05, 3.63) is 59.4 Å². The number of nitrogens with one attached hydrogen (secondary N) is 2. The minimum atomic E-state index is -0.449. The van der Waals surface area contributed by atoms with Crippen LogP contribution < -0.4 is 10.6 Å². The van der Waals surface area contributed by atoms with Crippen LogP contribution in [0.4, 0.5) is 15.8 Å². The summed E-state index contributed by atoms with van der Waals surface area (Å²) >= 11 is 5.92. The molecule has 0 spiro atoms. The summed E-state index contributed by atoms with van der Waals surface area (Å²) in [5.74, 6) is -1.03. The first-order valence-corrected chi connectivity index (χ1v) is 9.02. The number of hydrogen-bond donors (Lipinski definition) is 2. The molecule has 3 rings (SSSR count). The van der Waals surface area contributed by atoms with Crippen LogP contribution in [0.3, 0.4) is 0 Å². The molecule has 4 nitrogen and oxygen atoms in total. The van der Waals surface area contributed by atoms with Crippen LogP contribution in [0.5, 0.6) is 0 Å². The van der Waals surface area contributed by atoms with Gasteiger partial charge in [-0.25, -0.2) is 4.39 Å². The summed E-state index contributed by atoms with van der Waals surface area (Å²) in [6.45, 7) is 0. The third-order valence-electron chi connectivity index (χ3n) is 4.69. The molecule has 0 aromatic heterocycles. The number of benzene rings is 2.